The molecule has 0 aliphatic heterocycles. The number of hydrogen-bond donors (Lipinski definition) is 0. The Kier molecular flexibility index (Phi) is 7.58. The molecular formula is C10H18. The van der Waals surface area contributed by atoms with Crippen LogP contribution >= 0.6 is 0 Å². The quantitative estimate of drug-likeness (QED) is 0.510. The largest absolute Gasteiger partial charge is 0.0988 e. The average Bonchev–Trinajstić information content (AvgIpc) is 1.87. The molecule has 0 heterocycles. The first-order valence-corrected chi connectivity index (χ1v) is 3.15. The Labute approximate surface area is 65.0 Å². The Hall–Kier alpha value is -0.780. The molecule has 0 aromatic rings. The highest BCUT2D eigenvalue weighted by molar-refractivity contribution is 5.28. The van der Waals surface area contributed by atoms with Gasteiger partial charge in [0.2, 0.25) is 0 Å². The molecule has 0 fully saturated rings. The predicted molar refractivity (Wildman–Crippen MR) is 50.1 cm³/mol. The molecule has 10 heavy (non-hydrogen) atoms. The minimum Gasteiger partial charge on any atom is -0.0988 e. The zero-order valence-corrected chi connectivity index (χ0v) is 6.44. The summed E-state index contributed by atoms with van der Waals surface area (Å²) in [5.74, 6) is 0. The van der Waals surface area contributed by atoms with Crippen molar-refractivity contribution >= 4 is 0 Å². The van der Waals surface area contributed by atoms with Gasteiger partial charge in [-0.15, -0.1) is 0 Å². The Bertz CT molecular complexity index is 147. The molecule has 0 rings (SSSR count). The molecule has 58 valence electrons. The molecule has 0 nitrogen and oxygen atoms in total. The normalized spacial score (nSPS) is 12.3. The first kappa shape index (κ1) is 12.0. The van der Waals surface area contributed by atoms with Crippen LogP contribution in [0, 0.1) is 0 Å². The second-order valence-electron chi connectivity index (χ2n) is 2.07. The summed E-state index contributed by atoms with van der Waals surface area (Å²) in [5.41, 5.74) is 2.53. The highest BCUT2D eigenvalue weighted by Gasteiger charge is 1.83. The van der Waals surface area contributed by atoms with Gasteiger partial charge in [-0.3, -0.25) is 0 Å². The first-order valence-electron chi connectivity index (χ1n) is 3.15. The Morgan fingerprint density at radius 3 is 2.00 bits per heavy atom. The second-order valence-corrected chi connectivity index (χ2v) is 2.07. The van der Waals surface area contributed by atoms with Crippen molar-refractivity contribution in [1.82, 2.24) is 0 Å². The summed E-state index contributed by atoms with van der Waals surface area (Å²) in [5, 5.41) is 0. The molecule has 0 aromatic heterocycles. The van der Waals surface area contributed by atoms with Gasteiger partial charge in [-0.1, -0.05) is 32.2 Å². The molecule has 0 aliphatic rings. The molecule has 0 atom stereocenters. The van der Waals surface area contributed by atoms with Gasteiger partial charge in [-0.2, -0.15) is 0 Å². The van der Waals surface area contributed by atoms with Crippen molar-refractivity contribution < 1.29 is 0 Å². The maximum atomic E-state index is 3.67. The van der Waals surface area contributed by atoms with Crippen molar-refractivity contribution in [1.29, 1.82) is 0 Å². The summed E-state index contributed by atoms with van der Waals surface area (Å²) in [7, 11) is 0. The van der Waals surface area contributed by atoms with Crippen LogP contribution in [0.2, 0.25) is 0 Å². The third-order valence-electron chi connectivity index (χ3n) is 1.34. The van der Waals surface area contributed by atoms with Gasteiger partial charge in [0.1, 0.15) is 0 Å². The van der Waals surface area contributed by atoms with Crippen LogP contribution in [0.5, 0.6) is 0 Å². The van der Waals surface area contributed by atoms with Crippen LogP contribution in [0.15, 0.2) is 36.0 Å². The van der Waals surface area contributed by atoms with Gasteiger partial charge in [0.05, 0.1) is 0 Å². The van der Waals surface area contributed by atoms with Gasteiger partial charge in [-0.25, -0.2) is 0 Å². The van der Waals surface area contributed by atoms with E-state index in [0.717, 1.165) is 0 Å². The van der Waals surface area contributed by atoms with Crippen LogP contribution in [0.4, 0.5) is 0 Å². The third-order valence-corrected chi connectivity index (χ3v) is 1.34. The summed E-state index contributed by atoms with van der Waals surface area (Å²) >= 11 is 0. The SMILES string of the molecule is C.C=C/C(C)=C(C)\C=C/C. The number of hydrogen-bond acceptors (Lipinski definition) is 0. The zero-order chi connectivity index (χ0) is 7.28. The molecule has 0 amide bonds. The molecule has 0 aromatic carbocycles. The van der Waals surface area contributed by atoms with Crippen LogP contribution < -0.4 is 0 Å². The summed E-state index contributed by atoms with van der Waals surface area (Å²) in [6, 6.07) is 0. The van der Waals surface area contributed by atoms with Gasteiger partial charge in [0, 0.05) is 0 Å². The molecule has 0 spiro atoms. The Morgan fingerprint density at radius 1 is 1.20 bits per heavy atom. The molecule has 0 bridgehead atoms. The summed E-state index contributed by atoms with van der Waals surface area (Å²) in [4.78, 5) is 0. The molecule has 0 heteroatoms. The van der Waals surface area contributed by atoms with Crippen molar-refractivity contribution in [2.24, 2.45) is 0 Å². The average molecular weight is 138 g/mol. The zero-order valence-electron chi connectivity index (χ0n) is 6.44. The highest BCUT2D eigenvalue weighted by Crippen LogP contribution is 2.04. The fraction of sp³-hybridized carbons (Fsp3) is 0.400. The predicted octanol–water partition coefficient (Wildman–Crippen LogP) is 3.72. The van der Waals surface area contributed by atoms with Crippen molar-refractivity contribution in [2.45, 2.75) is 28.2 Å². The van der Waals surface area contributed by atoms with Crippen molar-refractivity contribution in [3.05, 3.63) is 36.0 Å². The lowest BCUT2D eigenvalue weighted by atomic mass is 10.1. The standard InChI is InChI=1S/C9H14.CH4/c1-5-7-9(4)8(3)6-2;/h5-7H,2H2,1,3-4H3;1H4/b7-5-,9-8-;. The molecule has 0 saturated heterocycles. The second kappa shape index (κ2) is 6.34. The van der Waals surface area contributed by atoms with Crippen molar-refractivity contribution in [3.8, 4) is 0 Å². The van der Waals surface area contributed by atoms with E-state index in [1.54, 1.807) is 0 Å². The Morgan fingerprint density at radius 2 is 1.70 bits per heavy atom. The number of rotatable bonds is 2. The lowest BCUT2D eigenvalue weighted by Gasteiger charge is -1.93. The smallest absolute Gasteiger partial charge is 0.0395 e. The van der Waals surface area contributed by atoms with E-state index in [2.05, 4.69) is 26.5 Å². The van der Waals surface area contributed by atoms with Crippen LogP contribution in [0.3, 0.4) is 0 Å². The van der Waals surface area contributed by atoms with E-state index in [9.17, 15) is 0 Å². The lowest BCUT2D eigenvalue weighted by molar-refractivity contribution is 1.37. The van der Waals surface area contributed by atoms with Gasteiger partial charge < -0.3 is 0 Å². The highest BCUT2D eigenvalue weighted by atomic mass is 13.9. The van der Waals surface area contributed by atoms with Crippen LogP contribution in [-0.2, 0) is 0 Å². The van der Waals surface area contributed by atoms with Gasteiger partial charge in [0.25, 0.3) is 0 Å². The minimum atomic E-state index is 0. The van der Waals surface area contributed by atoms with E-state index in [0.29, 0.717) is 0 Å². The lowest BCUT2D eigenvalue weighted by Crippen LogP contribution is -1.73. The monoisotopic (exact) mass is 138 g/mol. The van der Waals surface area contributed by atoms with E-state index < -0.39 is 0 Å². The van der Waals surface area contributed by atoms with E-state index in [4.69, 9.17) is 0 Å². The van der Waals surface area contributed by atoms with E-state index in [1.165, 1.54) is 11.1 Å². The number of allylic oxidation sites excluding steroid dienone is 5. The molecule has 0 radical (unpaired) electrons. The molecular weight excluding hydrogens is 120 g/mol. The Balaban J connectivity index is 0. The summed E-state index contributed by atoms with van der Waals surface area (Å²) in [6.45, 7) is 9.82. The van der Waals surface area contributed by atoms with Crippen molar-refractivity contribution in [3.63, 3.8) is 0 Å². The third kappa shape index (κ3) is 4.13. The van der Waals surface area contributed by atoms with Crippen LogP contribution in [-0.4, -0.2) is 0 Å². The van der Waals surface area contributed by atoms with Crippen LogP contribution in [0.1, 0.15) is 28.2 Å². The van der Waals surface area contributed by atoms with E-state index in [1.807, 2.05) is 19.1 Å². The topological polar surface area (TPSA) is 0 Å². The fourth-order valence-corrected chi connectivity index (χ4v) is 0.542. The fourth-order valence-electron chi connectivity index (χ4n) is 0.542. The van der Waals surface area contributed by atoms with E-state index >= 15 is 0 Å². The van der Waals surface area contributed by atoms with E-state index in [-0.39, 0.29) is 7.43 Å². The maximum absolute atomic E-state index is 3.67. The maximum Gasteiger partial charge on any atom is -0.0395 e. The molecule has 0 unspecified atom stereocenters. The van der Waals surface area contributed by atoms with Gasteiger partial charge >= 0.3 is 0 Å². The van der Waals surface area contributed by atoms with Gasteiger partial charge in [0.15, 0.2) is 0 Å². The summed E-state index contributed by atoms with van der Waals surface area (Å²) in [6.07, 6.45) is 5.98. The molecule has 0 N–H and O–H groups in total. The van der Waals surface area contributed by atoms with Crippen molar-refractivity contribution in [2.75, 3.05) is 0 Å². The van der Waals surface area contributed by atoms with Gasteiger partial charge in [-0.05, 0) is 31.9 Å². The van der Waals surface area contributed by atoms with Crippen LogP contribution in [0.25, 0.3) is 0 Å². The minimum absolute atomic E-state index is 0. The summed E-state index contributed by atoms with van der Waals surface area (Å²) < 4.78 is 0. The molecule has 0 aliphatic carbocycles. The first-order chi connectivity index (χ1) is 4.22. The molecule has 0 saturated carbocycles.